The molecule has 1 amide bonds. The van der Waals surface area contributed by atoms with Gasteiger partial charge in [0.15, 0.2) is 0 Å². The minimum absolute atomic E-state index is 0.139. The summed E-state index contributed by atoms with van der Waals surface area (Å²) in [6.45, 7) is 5.80. The number of rotatable bonds is 2. The number of aromatic nitrogens is 3. The fourth-order valence-electron chi connectivity index (χ4n) is 3.84. The quantitative estimate of drug-likeness (QED) is 0.553. The zero-order valence-corrected chi connectivity index (χ0v) is 17.7. The minimum Gasteiger partial charge on any atom is -0.361 e. The second-order valence-corrected chi connectivity index (χ2v) is 7.76. The van der Waals surface area contributed by atoms with Gasteiger partial charge in [-0.2, -0.15) is 13.2 Å². The largest absolute Gasteiger partial charge is 0.417 e. The van der Waals surface area contributed by atoms with E-state index in [-0.39, 0.29) is 12.1 Å². The van der Waals surface area contributed by atoms with Gasteiger partial charge in [-0.15, -0.1) is 0 Å². The number of amides is 1. The zero-order valence-electron chi connectivity index (χ0n) is 17.0. The van der Waals surface area contributed by atoms with Crippen LogP contribution in [0.25, 0.3) is 11.3 Å². The molecule has 31 heavy (non-hydrogen) atoms. The van der Waals surface area contributed by atoms with E-state index in [1.807, 2.05) is 6.92 Å². The van der Waals surface area contributed by atoms with Gasteiger partial charge in [-0.05, 0) is 39.3 Å². The molecule has 3 heterocycles. The number of benzene rings is 1. The third-order valence-corrected chi connectivity index (χ3v) is 5.68. The Morgan fingerprint density at radius 2 is 1.94 bits per heavy atom. The molecule has 2 aromatic heterocycles. The van der Waals surface area contributed by atoms with E-state index in [1.165, 1.54) is 17.0 Å². The predicted octanol–water partition coefficient (Wildman–Crippen LogP) is 4.93. The first-order chi connectivity index (χ1) is 14.6. The number of carbonyl (C=O) groups is 1. The molecule has 0 aliphatic carbocycles. The van der Waals surface area contributed by atoms with Crippen molar-refractivity contribution in [3.63, 3.8) is 0 Å². The lowest BCUT2D eigenvalue weighted by Gasteiger charge is -2.30. The first-order valence-electron chi connectivity index (χ1n) is 9.52. The molecule has 1 aliphatic heterocycles. The van der Waals surface area contributed by atoms with E-state index in [0.29, 0.717) is 41.6 Å². The summed E-state index contributed by atoms with van der Waals surface area (Å²) in [5, 5.41) is 3.39. The first kappa shape index (κ1) is 21.3. The van der Waals surface area contributed by atoms with Crippen LogP contribution in [0.4, 0.5) is 13.2 Å². The molecule has 10 heteroatoms. The van der Waals surface area contributed by atoms with Gasteiger partial charge in [0.05, 0.1) is 45.3 Å². The topological polar surface area (TPSA) is 72.1 Å². The minimum atomic E-state index is -4.64. The van der Waals surface area contributed by atoms with Crippen molar-refractivity contribution in [3.05, 3.63) is 62.9 Å². The Bertz CT molecular complexity index is 1170. The molecule has 0 spiro atoms. The molecule has 162 valence electrons. The lowest BCUT2D eigenvalue weighted by molar-refractivity contribution is -0.137. The maximum atomic E-state index is 13.2. The van der Waals surface area contributed by atoms with Crippen LogP contribution in [0.2, 0.25) is 5.02 Å². The number of hydrogen-bond acceptors (Lipinski definition) is 5. The van der Waals surface area contributed by atoms with Gasteiger partial charge in [0.2, 0.25) is 0 Å². The van der Waals surface area contributed by atoms with E-state index in [1.54, 1.807) is 13.8 Å². The standard InChI is InChI=1S/C21H18ClF3N4O2/c1-10-17(11(2)31-28-10)19-13-7-8-29(9-16(13)26-12(3)27-19)20(30)14-5-4-6-15(18(14)22)21(23,24)25/h4-6H,7-9H2,1-3H3. The molecule has 1 aromatic carbocycles. The molecule has 0 unspecified atom stereocenters. The summed E-state index contributed by atoms with van der Waals surface area (Å²) in [5.41, 5.74) is 2.51. The molecule has 1 aliphatic rings. The summed E-state index contributed by atoms with van der Waals surface area (Å²) in [7, 11) is 0. The van der Waals surface area contributed by atoms with Gasteiger partial charge >= 0.3 is 6.18 Å². The lowest BCUT2D eigenvalue weighted by atomic mass is 9.96. The second kappa shape index (κ2) is 7.64. The number of carbonyl (C=O) groups excluding carboxylic acids is 1. The van der Waals surface area contributed by atoms with Crippen molar-refractivity contribution in [2.45, 2.75) is 39.9 Å². The summed E-state index contributed by atoms with van der Waals surface area (Å²) in [4.78, 5) is 23.5. The van der Waals surface area contributed by atoms with Crippen LogP contribution in [-0.2, 0) is 19.1 Å². The maximum Gasteiger partial charge on any atom is 0.417 e. The molecule has 0 bridgehead atoms. The third-order valence-electron chi connectivity index (χ3n) is 5.27. The van der Waals surface area contributed by atoms with Crippen molar-refractivity contribution in [2.24, 2.45) is 0 Å². The summed E-state index contributed by atoms with van der Waals surface area (Å²) >= 11 is 5.95. The molecule has 0 atom stereocenters. The van der Waals surface area contributed by atoms with Crippen molar-refractivity contribution in [3.8, 4) is 11.3 Å². The SMILES string of the molecule is Cc1nc2c(c(-c3c(C)noc3C)n1)CCN(C(=O)c1cccc(C(F)(F)F)c1Cl)C2. The van der Waals surface area contributed by atoms with Crippen molar-refractivity contribution >= 4 is 17.5 Å². The van der Waals surface area contributed by atoms with Crippen LogP contribution in [-0.4, -0.2) is 32.5 Å². The molecule has 0 N–H and O–H groups in total. The number of aryl methyl sites for hydroxylation is 3. The average molecular weight is 451 g/mol. The third kappa shape index (κ3) is 3.78. The Morgan fingerprint density at radius 3 is 2.58 bits per heavy atom. The van der Waals surface area contributed by atoms with Crippen LogP contribution < -0.4 is 0 Å². The number of hydrogen-bond donors (Lipinski definition) is 0. The number of fused-ring (bicyclic) bond motifs is 1. The molecule has 0 saturated carbocycles. The van der Waals surface area contributed by atoms with Crippen LogP contribution in [0.1, 0.15) is 44.5 Å². The molecule has 0 radical (unpaired) electrons. The van der Waals surface area contributed by atoms with Crippen LogP contribution in [0.15, 0.2) is 22.7 Å². The van der Waals surface area contributed by atoms with Gasteiger partial charge in [-0.1, -0.05) is 22.8 Å². The average Bonchev–Trinajstić information content (AvgIpc) is 3.03. The van der Waals surface area contributed by atoms with E-state index >= 15 is 0 Å². The molecule has 0 fully saturated rings. The fourth-order valence-corrected chi connectivity index (χ4v) is 4.16. The summed E-state index contributed by atoms with van der Waals surface area (Å²) < 4.78 is 44.8. The Morgan fingerprint density at radius 1 is 1.19 bits per heavy atom. The molecular formula is C21H18ClF3N4O2. The predicted molar refractivity (Wildman–Crippen MR) is 107 cm³/mol. The van der Waals surface area contributed by atoms with E-state index < -0.39 is 22.7 Å². The lowest BCUT2D eigenvalue weighted by Crippen LogP contribution is -2.37. The number of nitrogens with zero attached hydrogens (tertiary/aromatic N) is 4. The van der Waals surface area contributed by atoms with Crippen molar-refractivity contribution in [1.29, 1.82) is 0 Å². The van der Waals surface area contributed by atoms with Crippen LogP contribution in [0.5, 0.6) is 0 Å². The van der Waals surface area contributed by atoms with E-state index in [9.17, 15) is 18.0 Å². The van der Waals surface area contributed by atoms with Crippen LogP contribution >= 0.6 is 11.6 Å². The van der Waals surface area contributed by atoms with Gasteiger partial charge in [-0.25, -0.2) is 9.97 Å². The van der Waals surface area contributed by atoms with Gasteiger partial charge in [0.25, 0.3) is 5.91 Å². The van der Waals surface area contributed by atoms with Gasteiger partial charge < -0.3 is 9.42 Å². The van der Waals surface area contributed by atoms with E-state index in [0.717, 1.165) is 17.2 Å². The Hall–Kier alpha value is -2.94. The van der Waals surface area contributed by atoms with Crippen molar-refractivity contribution < 1.29 is 22.5 Å². The second-order valence-electron chi connectivity index (χ2n) is 7.39. The Labute approximate surface area is 181 Å². The highest BCUT2D eigenvalue weighted by molar-refractivity contribution is 6.34. The highest BCUT2D eigenvalue weighted by Gasteiger charge is 2.36. The van der Waals surface area contributed by atoms with Crippen molar-refractivity contribution in [1.82, 2.24) is 20.0 Å². The van der Waals surface area contributed by atoms with Crippen LogP contribution in [0, 0.1) is 20.8 Å². The fraction of sp³-hybridized carbons (Fsp3) is 0.333. The monoisotopic (exact) mass is 450 g/mol. The van der Waals surface area contributed by atoms with Crippen LogP contribution in [0.3, 0.4) is 0 Å². The van der Waals surface area contributed by atoms with Crippen molar-refractivity contribution in [2.75, 3.05) is 6.54 Å². The molecular weight excluding hydrogens is 433 g/mol. The molecule has 4 rings (SSSR count). The van der Waals surface area contributed by atoms with E-state index in [4.69, 9.17) is 16.1 Å². The molecule has 0 saturated heterocycles. The number of alkyl halides is 3. The van der Waals surface area contributed by atoms with E-state index in [2.05, 4.69) is 15.1 Å². The Kier molecular flexibility index (Phi) is 5.25. The maximum absolute atomic E-state index is 13.2. The smallest absolute Gasteiger partial charge is 0.361 e. The van der Waals surface area contributed by atoms with Gasteiger partial charge in [0.1, 0.15) is 11.6 Å². The van der Waals surface area contributed by atoms with Gasteiger partial charge in [0, 0.05) is 12.1 Å². The number of halogens is 4. The highest BCUT2D eigenvalue weighted by Crippen LogP contribution is 2.37. The summed E-state index contributed by atoms with van der Waals surface area (Å²) in [6.07, 6.45) is -4.20. The summed E-state index contributed by atoms with van der Waals surface area (Å²) in [6, 6.07) is 3.34. The van der Waals surface area contributed by atoms with Gasteiger partial charge in [-0.3, -0.25) is 4.79 Å². The first-order valence-corrected chi connectivity index (χ1v) is 9.90. The molecule has 3 aromatic rings. The highest BCUT2D eigenvalue weighted by atomic mass is 35.5. The Balaban J connectivity index is 1.70. The zero-order chi connectivity index (χ0) is 22.5. The normalized spacial score (nSPS) is 14.0. The summed E-state index contributed by atoms with van der Waals surface area (Å²) in [5.74, 6) is 0.573. The molecule has 6 nitrogen and oxygen atoms in total.